The molecule has 2 aliphatic rings. The maximum absolute atomic E-state index is 13.3. The first-order valence-corrected chi connectivity index (χ1v) is 13.8. The number of hydrogen-bond donors (Lipinski definition) is 2. The van der Waals surface area contributed by atoms with Crippen LogP contribution in [0.4, 0.5) is 24.8 Å². The smallest absolute Gasteiger partial charge is 0.367 e. The van der Waals surface area contributed by atoms with Gasteiger partial charge in [0.1, 0.15) is 5.82 Å². The van der Waals surface area contributed by atoms with Crippen LogP contribution in [0.2, 0.25) is 0 Å². The van der Waals surface area contributed by atoms with Crippen LogP contribution >= 0.6 is 0 Å². The van der Waals surface area contributed by atoms with E-state index in [2.05, 4.69) is 26.6 Å². The van der Waals surface area contributed by atoms with Gasteiger partial charge in [-0.05, 0) is 67.2 Å². The van der Waals surface area contributed by atoms with E-state index in [-0.39, 0.29) is 6.04 Å². The van der Waals surface area contributed by atoms with Gasteiger partial charge in [-0.15, -0.1) is 0 Å². The quantitative estimate of drug-likeness (QED) is 0.452. The number of hydrogen-bond acceptors (Lipinski definition) is 6. The molecular weight excluding hydrogens is 517 g/mol. The zero-order chi connectivity index (χ0) is 27.1. The molecule has 2 N–H and O–H groups in total. The zero-order valence-corrected chi connectivity index (χ0v) is 21.9. The van der Waals surface area contributed by atoms with Crippen molar-refractivity contribution in [3.63, 3.8) is 0 Å². The average Bonchev–Trinajstić information content (AvgIpc) is 3.33. The summed E-state index contributed by atoms with van der Waals surface area (Å²) >= 11 is 0. The fraction of sp³-hybridized carbons (Fsp3) is 0.385. The van der Waals surface area contributed by atoms with Gasteiger partial charge < -0.3 is 10.2 Å². The minimum atomic E-state index is -4.43. The highest BCUT2D eigenvalue weighted by Crippen LogP contribution is 2.34. The summed E-state index contributed by atoms with van der Waals surface area (Å²) in [6.07, 6.45) is 2.07. The van der Waals surface area contributed by atoms with Gasteiger partial charge in [0.15, 0.2) is 5.82 Å². The number of allylic oxidation sites excluding steroid dienone is 4. The van der Waals surface area contributed by atoms with Crippen LogP contribution in [0.5, 0.6) is 0 Å². The number of halogens is 3. The van der Waals surface area contributed by atoms with Crippen LogP contribution in [0.15, 0.2) is 53.6 Å². The monoisotopic (exact) mass is 546 g/mol. The van der Waals surface area contributed by atoms with Gasteiger partial charge in [0.25, 0.3) is 0 Å². The summed E-state index contributed by atoms with van der Waals surface area (Å²) < 4.78 is 66.3. The Morgan fingerprint density at radius 1 is 1.08 bits per heavy atom. The second-order valence-electron chi connectivity index (χ2n) is 9.78. The Balaban J connectivity index is 1.23. The largest absolute Gasteiger partial charge is 0.417 e. The normalized spacial score (nSPS) is 17.8. The number of nitrogens with one attached hydrogen (secondary N) is 2. The number of alkyl halides is 3. The van der Waals surface area contributed by atoms with Gasteiger partial charge in [-0.3, -0.25) is 5.10 Å². The molecule has 3 heterocycles. The van der Waals surface area contributed by atoms with Crippen molar-refractivity contribution in [3.05, 3.63) is 64.7 Å². The third-order valence-corrected chi connectivity index (χ3v) is 9.06. The lowest BCUT2D eigenvalue weighted by molar-refractivity contribution is -0.137. The van der Waals surface area contributed by atoms with Crippen LogP contribution in [0.1, 0.15) is 36.8 Å². The van der Waals surface area contributed by atoms with E-state index in [1.807, 2.05) is 37.2 Å². The van der Waals surface area contributed by atoms with E-state index in [1.165, 1.54) is 10.4 Å². The van der Waals surface area contributed by atoms with E-state index in [0.717, 1.165) is 40.1 Å². The van der Waals surface area contributed by atoms with Crippen molar-refractivity contribution in [2.75, 3.05) is 37.4 Å². The maximum atomic E-state index is 13.3. The summed E-state index contributed by atoms with van der Waals surface area (Å²) in [5.74, 6) is 1.20. The Morgan fingerprint density at radius 2 is 1.84 bits per heavy atom. The second-order valence-corrected chi connectivity index (χ2v) is 11.8. The number of benzene rings is 1. The third-order valence-electron chi connectivity index (χ3n) is 7.02. The lowest BCUT2D eigenvalue weighted by Crippen LogP contribution is -2.42. The maximum Gasteiger partial charge on any atom is 0.417 e. The fourth-order valence-electron chi connectivity index (χ4n) is 4.88. The van der Waals surface area contributed by atoms with Crippen LogP contribution in [0.25, 0.3) is 16.5 Å². The Bertz CT molecular complexity index is 1490. The van der Waals surface area contributed by atoms with E-state index < -0.39 is 21.8 Å². The number of aromatic nitrogens is 3. The molecule has 0 saturated carbocycles. The number of aromatic amines is 1. The summed E-state index contributed by atoms with van der Waals surface area (Å²) in [4.78, 5) is 6.20. The highest BCUT2D eigenvalue weighted by atomic mass is 32.2. The molecule has 0 radical (unpaired) electrons. The van der Waals surface area contributed by atoms with Crippen LogP contribution in [-0.4, -0.2) is 61.1 Å². The van der Waals surface area contributed by atoms with Crippen molar-refractivity contribution < 1.29 is 21.6 Å². The molecule has 1 aliphatic heterocycles. The van der Waals surface area contributed by atoms with Crippen molar-refractivity contribution in [1.82, 2.24) is 19.5 Å². The molecule has 5 rings (SSSR count). The molecule has 1 aromatic carbocycles. The van der Waals surface area contributed by atoms with Crippen molar-refractivity contribution in [3.8, 4) is 0 Å². The SMILES string of the molecule is CN(C)c1n[nH]c2ccc(C3=CC=C(S(=O)(=O)N4CCC(Nc5ccc(C(F)(F)F)cn5)CC4)CC3)cc12. The molecule has 0 spiro atoms. The minimum absolute atomic E-state index is 0.0672. The molecule has 1 fully saturated rings. The number of pyridine rings is 1. The first-order chi connectivity index (χ1) is 18.0. The number of anilines is 2. The molecule has 3 aromatic rings. The molecule has 0 bridgehead atoms. The predicted octanol–water partition coefficient (Wildman–Crippen LogP) is 5.01. The molecule has 0 amide bonds. The van der Waals surface area contributed by atoms with E-state index in [4.69, 9.17) is 0 Å². The van der Waals surface area contributed by atoms with Crippen molar-refractivity contribution in [1.29, 1.82) is 0 Å². The lowest BCUT2D eigenvalue weighted by atomic mass is 9.96. The van der Waals surface area contributed by atoms with Crippen molar-refractivity contribution in [2.24, 2.45) is 0 Å². The van der Waals surface area contributed by atoms with Gasteiger partial charge in [-0.25, -0.2) is 13.4 Å². The van der Waals surface area contributed by atoms with E-state index in [0.29, 0.717) is 49.5 Å². The molecule has 12 heteroatoms. The Kier molecular flexibility index (Phi) is 6.95. The summed E-state index contributed by atoms with van der Waals surface area (Å²) in [5.41, 5.74) is 2.25. The Labute approximate surface area is 219 Å². The standard InChI is InChI=1S/C26H29F3N6O2S/c1-34(2)25-22-15-18(5-9-23(22)32-33-25)17-3-7-21(8-4-17)38(36,37)35-13-11-20(12-14-35)31-24-10-6-19(16-30-24)26(27,28)29/h3,5-7,9-10,15-16,20H,4,8,11-14H2,1-2H3,(H,30,31)(H,32,33). The zero-order valence-electron chi connectivity index (χ0n) is 21.1. The highest BCUT2D eigenvalue weighted by Gasteiger charge is 2.33. The Hall–Kier alpha value is -3.38. The predicted molar refractivity (Wildman–Crippen MR) is 142 cm³/mol. The molecule has 38 heavy (non-hydrogen) atoms. The first kappa shape index (κ1) is 26.2. The number of piperidine rings is 1. The molecular formula is C26H29F3N6O2S. The first-order valence-electron chi connectivity index (χ1n) is 12.4. The number of nitrogens with zero attached hydrogens (tertiary/aromatic N) is 4. The summed E-state index contributed by atoms with van der Waals surface area (Å²) in [6.45, 7) is 0.665. The molecule has 1 aliphatic carbocycles. The van der Waals surface area contributed by atoms with Gasteiger partial charge in [0, 0.05) is 44.8 Å². The van der Waals surface area contributed by atoms with Gasteiger partial charge >= 0.3 is 6.18 Å². The molecule has 0 atom stereocenters. The highest BCUT2D eigenvalue weighted by molar-refractivity contribution is 7.93. The summed E-state index contributed by atoms with van der Waals surface area (Å²) in [7, 11) is 0.281. The molecule has 0 unspecified atom stereocenters. The number of sulfonamides is 1. The van der Waals surface area contributed by atoms with Crippen molar-refractivity contribution in [2.45, 2.75) is 37.9 Å². The number of fused-ring (bicyclic) bond motifs is 1. The summed E-state index contributed by atoms with van der Waals surface area (Å²) in [6, 6.07) is 8.30. The molecule has 8 nitrogen and oxygen atoms in total. The van der Waals surface area contributed by atoms with Gasteiger partial charge in [-0.2, -0.15) is 22.6 Å². The molecule has 1 saturated heterocycles. The van der Waals surface area contributed by atoms with Crippen LogP contribution < -0.4 is 10.2 Å². The lowest BCUT2D eigenvalue weighted by Gasteiger charge is -2.33. The van der Waals surface area contributed by atoms with Crippen LogP contribution in [0, 0.1) is 0 Å². The minimum Gasteiger partial charge on any atom is -0.367 e. The molecule has 202 valence electrons. The Morgan fingerprint density at radius 3 is 2.45 bits per heavy atom. The number of rotatable bonds is 6. The fourth-order valence-corrected chi connectivity index (χ4v) is 6.50. The summed E-state index contributed by atoms with van der Waals surface area (Å²) in [5, 5.41) is 11.5. The van der Waals surface area contributed by atoms with Crippen LogP contribution in [-0.2, 0) is 16.2 Å². The van der Waals surface area contributed by atoms with Gasteiger partial charge in [0.05, 0.1) is 16.0 Å². The van der Waals surface area contributed by atoms with Gasteiger partial charge in [0.2, 0.25) is 10.0 Å². The second kappa shape index (κ2) is 10.1. The van der Waals surface area contributed by atoms with E-state index in [1.54, 1.807) is 6.08 Å². The van der Waals surface area contributed by atoms with Gasteiger partial charge in [-0.1, -0.05) is 12.1 Å². The third kappa shape index (κ3) is 5.28. The topological polar surface area (TPSA) is 94.2 Å². The van der Waals surface area contributed by atoms with E-state index in [9.17, 15) is 21.6 Å². The number of H-pyrrole nitrogens is 1. The van der Waals surface area contributed by atoms with E-state index >= 15 is 0 Å². The van der Waals surface area contributed by atoms with Crippen molar-refractivity contribution >= 4 is 38.1 Å². The molecule has 2 aromatic heterocycles. The van der Waals surface area contributed by atoms with Crippen LogP contribution in [0.3, 0.4) is 0 Å². The average molecular weight is 547 g/mol.